The van der Waals surface area contributed by atoms with Crippen LogP contribution in [0.15, 0.2) is 28.8 Å². The Morgan fingerprint density at radius 2 is 2.04 bits per heavy atom. The fraction of sp³-hybridized carbons (Fsp3) is 0.444. The Bertz CT molecular complexity index is 721. The van der Waals surface area contributed by atoms with Gasteiger partial charge in [-0.2, -0.15) is 0 Å². The Hall–Kier alpha value is -2.34. The second kappa shape index (κ2) is 6.65. The summed E-state index contributed by atoms with van der Waals surface area (Å²) >= 11 is 0. The zero-order chi connectivity index (χ0) is 17.3. The van der Waals surface area contributed by atoms with Crippen LogP contribution in [0.5, 0.6) is 5.75 Å². The smallest absolute Gasteiger partial charge is 0.259 e. The summed E-state index contributed by atoms with van der Waals surface area (Å²) in [7, 11) is 3.75. The summed E-state index contributed by atoms with van der Waals surface area (Å²) < 4.78 is 10.6. The SMILES string of the molecule is COc1ccccc1C1CN(C(=O)c2c(C)noc2C)CCN1C. The maximum Gasteiger partial charge on any atom is 0.259 e. The molecule has 3 rings (SSSR count). The molecular weight excluding hydrogens is 306 g/mol. The average molecular weight is 329 g/mol. The van der Waals surface area contributed by atoms with Gasteiger partial charge in [0.05, 0.1) is 18.8 Å². The van der Waals surface area contributed by atoms with Gasteiger partial charge in [0.15, 0.2) is 0 Å². The first-order chi connectivity index (χ1) is 11.5. The topological polar surface area (TPSA) is 58.8 Å². The average Bonchev–Trinajstić information content (AvgIpc) is 2.93. The number of para-hydroxylation sites is 1. The lowest BCUT2D eigenvalue weighted by Crippen LogP contribution is -2.49. The molecule has 24 heavy (non-hydrogen) atoms. The molecule has 2 heterocycles. The second-order valence-electron chi connectivity index (χ2n) is 6.19. The van der Waals surface area contributed by atoms with Crippen molar-refractivity contribution in [3.63, 3.8) is 0 Å². The van der Waals surface area contributed by atoms with E-state index >= 15 is 0 Å². The van der Waals surface area contributed by atoms with Crippen LogP contribution >= 0.6 is 0 Å². The van der Waals surface area contributed by atoms with Crippen LogP contribution in [0.2, 0.25) is 0 Å². The minimum Gasteiger partial charge on any atom is -0.496 e. The molecular formula is C18H23N3O3. The molecule has 0 radical (unpaired) electrons. The number of likely N-dealkylation sites (N-methyl/N-ethyl adjacent to an activating group) is 1. The molecule has 6 nitrogen and oxygen atoms in total. The van der Waals surface area contributed by atoms with E-state index in [9.17, 15) is 4.79 Å². The molecule has 0 N–H and O–H groups in total. The van der Waals surface area contributed by atoms with Crippen molar-refractivity contribution in [2.24, 2.45) is 0 Å². The Balaban J connectivity index is 1.87. The molecule has 1 fully saturated rings. The van der Waals surface area contributed by atoms with Crippen molar-refractivity contribution in [1.29, 1.82) is 0 Å². The van der Waals surface area contributed by atoms with Crippen molar-refractivity contribution in [1.82, 2.24) is 15.0 Å². The number of aromatic nitrogens is 1. The fourth-order valence-corrected chi connectivity index (χ4v) is 3.28. The number of methoxy groups -OCH3 is 1. The van der Waals surface area contributed by atoms with E-state index < -0.39 is 0 Å². The number of hydrogen-bond acceptors (Lipinski definition) is 5. The molecule has 0 spiro atoms. The number of hydrogen-bond donors (Lipinski definition) is 0. The first-order valence-electron chi connectivity index (χ1n) is 8.08. The van der Waals surface area contributed by atoms with Crippen LogP contribution in [-0.2, 0) is 0 Å². The van der Waals surface area contributed by atoms with Crippen LogP contribution in [-0.4, -0.2) is 54.7 Å². The monoisotopic (exact) mass is 329 g/mol. The molecule has 0 aliphatic carbocycles. The van der Waals surface area contributed by atoms with Gasteiger partial charge in [-0.3, -0.25) is 9.69 Å². The zero-order valence-corrected chi connectivity index (χ0v) is 14.6. The summed E-state index contributed by atoms with van der Waals surface area (Å²) in [4.78, 5) is 17.1. The van der Waals surface area contributed by atoms with Gasteiger partial charge in [-0.05, 0) is 27.0 Å². The normalized spacial score (nSPS) is 18.7. The van der Waals surface area contributed by atoms with E-state index in [4.69, 9.17) is 9.26 Å². The van der Waals surface area contributed by atoms with E-state index in [1.807, 2.05) is 23.1 Å². The highest BCUT2D eigenvalue weighted by Crippen LogP contribution is 2.31. The van der Waals surface area contributed by atoms with Crippen LogP contribution in [0.3, 0.4) is 0 Å². The van der Waals surface area contributed by atoms with Gasteiger partial charge in [-0.25, -0.2) is 0 Å². The third-order valence-electron chi connectivity index (χ3n) is 4.68. The standard InChI is InChI=1S/C18H23N3O3/c1-12-17(13(2)24-19-12)18(22)21-10-9-20(3)15(11-21)14-7-5-6-8-16(14)23-4/h5-8,15H,9-11H2,1-4H3. The van der Waals surface area contributed by atoms with E-state index in [2.05, 4.69) is 23.2 Å². The van der Waals surface area contributed by atoms with Crippen LogP contribution in [0.25, 0.3) is 0 Å². The Labute approximate surface area is 142 Å². The van der Waals surface area contributed by atoms with Gasteiger partial charge < -0.3 is 14.2 Å². The highest BCUT2D eigenvalue weighted by molar-refractivity contribution is 5.96. The molecule has 1 atom stereocenters. The molecule has 128 valence electrons. The van der Waals surface area contributed by atoms with E-state index in [-0.39, 0.29) is 11.9 Å². The van der Waals surface area contributed by atoms with Crippen LogP contribution in [0.4, 0.5) is 0 Å². The molecule has 1 aromatic heterocycles. The molecule has 1 aliphatic heterocycles. The number of ether oxygens (including phenoxy) is 1. The minimum atomic E-state index is -0.0146. The number of amides is 1. The van der Waals surface area contributed by atoms with Crippen molar-refractivity contribution >= 4 is 5.91 Å². The van der Waals surface area contributed by atoms with Crippen LogP contribution in [0, 0.1) is 13.8 Å². The number of benzene rings is 1. The molecule has 6 heteroatoms. The first-order valence-corrected chi connectivity index (χ1v) is 8.08. The highest BCUT2D eigenvalue weighted by atomic mass is 16.5. The van der Waals surface area contributed by atoms with Gasteiger partial charge >= 0.3 is 0 Å². The van der Waals surface area contributed by atoms with Gasteiger partial charge in [-0.1, -0.05) is 23.4 Å². The Kier molecular flexibility index (Phi) is 4.57. The Morgan fingerprint density at radius 1 is 1.29 bits per heavy atom. The van der Waals surface area contributed by atoms with E-state index in [1.165, 1.54) is 0 Å². The minimum absolute atomic E-state index is 0.0146. The van der Waals surface area contributed by atoms with Gasteiger partial charge in [0, 0.05) is 25.2 Å². The van der Waals surface area contributed by atoms with Crippen molar-refractivity contribution in [2.45, 2.75) is 19.9 Å². The van der Waals surface area contributed by atoms with Crippen molar-refractivity contribution in [3.8, 4) is 5.75 Å². The number of carbonyl (C=O) groups is 1. The van der Waals surface area contributed by atoms with Crippen molar-refractivity contribution in [2.75, 3.05) is 33.8 Å². The number of carbonyl (C=O) groups excluding carboxylic acids is 1. The van der Waals surface area contributed by atoms with E-state index in [1.54, 1.807) is 21.0 Å². The summed E-state index contributed by atoms with van der Waals surface area (Å²) in [5.41, 5.74) is 2.32. The van der Waals surface area contributed by atoms with Crippen LogP contribution in [0.1, 0.15) is 33.4 Å². The number of rotatable bonds is 3. The summed E-state index contributed by atoms with van der Waals surface area (Å²) in [6, 6.07) is 8.07. The summed E-state index contributed by atoms with van der Waals surface area (Å²) in [6.07, 6.45) is 0. The number of aryl methyl sites for hydroxylation is 2. The van der Waals surface area contributed by atoms with Gasteiger partial charge in [0.25, 0.3) is 5.91 Å². The fourth-order valence-electron chi connectivity index (χ4n) is 3.28. The lowest BCUT2D eigenvalue weighted by atomic mass is 10.0. The number of piperazine rings is 1. The molecule has 0 bridgehead atoms. The molecule has 1 saturated heterocycles. The van der Waals surface area contributed by atoms with Crippen molar-refractivity contribution < 1.29 is 14.1 Å². The summed E-state index contributed by atoms with van der Waals surface area (Å²) in [5.74, 6) is 1.41. The molecule has 2 aromatic rings. The molecule has 1 aromatic carbocycles. The summed E-state index contributed by atoms with van der Waals surface area (Å²) in [6.45, 7) is 5.68. The van der Waals surface area contributed by atoms with Gasteiger partial charge in [0.1, 0.15) is 17.1 Å². The maximum atomic E-state index is 12.9. The third kappa shape index (κ3) is 2.89. The van der Waals surface area contributed by atoms with Gasteiger partial charge in [0.2, 0.25) is 0 Å². The van der Waals surface area contributed by atoms with E-state index in [0.29, 0.717) is 30.1 Å². The lowest BCUT2D eigenvalue weighted by molar-refractivity contribution is 0.0540. The molecule has 0 saturated carbocycles. The third-order valence-corrected chi connectivity index (χ3v) is 4.68. The Morgan fingerprint density at radius 3 is 2.71 bits per heavy atom. The summed E-state index contributed by atoms with van der Waals surface area (Å²) in [5, 5.41) is 3.90. The predicted octanol–water partition coefficient (Wildman–Crippen LogP) is 2.43. The van der Waals surface area contributed by atoms with E-state index in [0.717, 1.165) is 17.9 Å². The largest absolute Gasteiger partial charge is 0.496 e. The highest BCUT2D eigenvalue weighted by Gasteiger charge is 2.32. The van der Waals surface area contributed by atoms with Crippen LogP contribution < -0.4 is 4.74 Å². The lowest BCUT2D eigenvalue weighted by Gasteiger charge is -2.40. The first kappa shape index (κ1) is 16.5. The second-order valence-corrected chi connectivity index (χ2v) is 6.19. The number of nitrogens with zero attached hydrogens (tertiary/aromatic N) is 3. The molecule has 1 amide bonds. The zero-order valence-electron chi connectivity index (χ0n) is 14.6. The van der Waals surface area contributed by atoms with Gasteiger partial charge in [-0.15, -0.1) is 0 Å². The quantitative estimate of drug-likeness (QED) is 0.865. The predicted molar refractivity (Wildman–Crippen MR) is 90.2 cm³/mol. The maximum absolute atomic E-state index is 12.9. The molecule has 1 unspecified atom stereocenters. The van der Waals surface area contributed by atoms with Crippen molar-refractivity contribution in [3.05, 3.63) is 46.8 Å². The molecule has 1 aliphatic rings.